The van der Waals surface area contributed by atoms with Crippen LogP contribution in [-0.4, -0.2) is 25.0 Å². The molecule has 0 bridgehead atoms. The van der Waals surface area contributed by atoms with Crippen LogP contribution in [0.3, 0.4) is 0 Å². The average molecular weight is 362 g/mol. The minimum atomic E-state index is -0.340. The number of hydrogen-bond acceptors (Lipinski definition) is 2. The van der Waals surface area contributed by atoms with E-state index < -0.39 is 0 Å². The molecule has 3 rings (SSSR count). The Balaban J connectivity index is 1.50. The summed E-state index contributed by atoms with van der Waals surface area (Å²) in [5.74, 6) is -0.363. The van der Waals surface area contributed by atoms with Crippen molar-refractivity contribution < 1.29 is 14.0 Å². The number of amides is 3. The predicted octanol–water partition coefficient (Wildman–Crippen LogP) is 3.65. The fourth-order valence-corrected chi connectivity index (χ4v) is 2.86. The van der Waals surface area contributed by atoms with E-state index >= 15 is 0 Å². The van der Waals surface area contributed by atoms with Crippen LogP contribution < -0.4 is 15.5 Å². The number of benzene rings is 2. The monoisotopic (exact) mass is 361 g/mol. The van der Waals surface area contributed by atoms with E-state index in [0.29, 0.717) is 35.9 Å². The molecule has 1 atom stereocenters. The van der Waals surface area contributed by atoms with Gasteiger partial charge in [-0.2, -0.15) is 0 Å². The molecular formula is C18H17ClFN3O2. The summed E-state index contributed by atoms with van der Waals surface area (Å²) in [5.41, 5.74) is 1.30. The maximum absolute atomic E-state index is 13.0. The first-order chi connectivity index (χ1) is 12.0. The van der Waals surface area contributed by atoms with Crippen molar-refractivity contribution in [1.29, 1.82) is 0 Å². The number of carbonyl (C=O) groups is 2. The summed E-state index contributed by atoms with van der Waals surface area (Å²) in [5, 5.41) is 6.07. The number of nitrogens with zero attached hydrogens (tertiary/aromatic N) is 1. The van der Waals surface area contributed by atoms with E-state index in [1.54, 1.807) is 41.3 Å². The minimum absolute atomic E-state index is 0.00789. The second-order valence-electron chi connectivity index (χ2n) is 5.89. The summed E-state index contributed by atoms with van der Waals surface area (Å²) in [6.45, 7) is 0.870. The van der Waals surface area contributed by atoms with Crippen LogP contribution in [0.2, 0.25) is 5.02 Å². The molecule has 5 nitrogen and oxygen atoms in total. The standard InChI is InChI=1S/C18H17ClFN3O2/c19-13-1-5-15(6-2-13)22-18(25)21-10-12-9-17(24)23(11-12)16-7-3-14(20)4-8-16/h1-8,12H,9-11H2,(H2,21,22,25). The summed E-state index contributed by atoms with van der Waals surface area (Å²) < 4.78 is 13.0. The summed E-state index contributed by atoms with van der Waals surface area (Å²) in [7, 11) is 0. The Bertz CT molecular complexity index is 765. The normalized spacial score (nSPS) is 16.8. The van der Waals surface area contributed by atoms with Gasteiger partial charge in [-0.3, -0.25) is 4.79 Å². The Morgan fingerprint density at radius 3 is 2.52 bits per heavy atom. The van der Waals surface area contributed by atoms with Gasteiger partial charge in [0.25, 0.3) is 0 Å². The number of carbonyl (C=O) groups excluding carboxylic acids is 2. The van der Waals surface area contributed by atoms with Gasteiger partial charge in [-0.15, -0.1) is 0 Å². The highest BCUT2D eigenvalue weighted by Crippen LogP contribution is 2.24. The van der Waals surface area contributed by atoms with Gasteiger partial charge in [-0.05, 0) is 48.5 Å². The van der Waals surface area contributed by atoms with Gasteiger partial charge in [0.2, 0.25) is 5.91 Å². The fourth-order valence-electron chi connectivity index (χ4n) is 2.73. The van der Waals surface area contributed by atoms with Crippen molar-refractivity contribution in [2.75, 3.05) is 23.3 Å². The predicted molar refractivity (Wildman–Crippen MR) is 95.3 cm³/mol. The Labute approximate surface area is 149 Å². The Morgan fingerprint density at radius 2 is 1.84 bits per heavy atom. The van der Waals surface area contributed by atoms with Gasteiger partial charge in [0.05, 0.1) is 0 Å². The number of anilines is 2. The zero-order valence-electron chi connectivity index (χ0n) is 13.3. The van der Waals surface area contributed by atoms with Crippen LogP contribution in [0.4, 0.5) is 20.6 Å². The number of urea groups is 1. The van der Waals surface area contributed by atoms with E-state index in [4.69, 9.17) is 11.6 Å². The molecule has 2 N–H and O–H groups in total. The molecule has 7 heteroatoms. The molecule has 1 aliphatic rings. The maximum atomic E-state index is 13.0. The molecule has 3 amide bonds. The third-order valence-electron chi connectivity index (χ3n) is 4.00. The van der Waals surface area contributed by atoms with E-state index in [2.05, 4.69) is 10.6 Å². The van der Waals surface area contributed by atoms with Crippen LogP contribution >= 0.6 is 11.6 Å². The molecule has 1 fully saturated rings. The molecule has 0 radical (unpaired) electrons. The largest absolute Gasteiger partial charge is 0.338 e. The van der Waals surface area contributed by atoms with Crippen molar-refractivity contribution in [1.82, 2.24) is 5.32 Å². The first-order valence-electron chi connectivity index (χ1n) is 7.87. The third-order valence-corrected chi connectivity index (χ3v) is 4.25. The van der Waals surface area contributed by atoms with Crippen LogP contribution in [-0.2, 0) is 4.79 Å². The van der Waals surface area contributed by atoms with E-state index in [-0.39, 0.29) is 23.7 Å². The molecule has 1 heterocycles. The van der Waals surface area contributed by atoms with Crippen LogP contribution in [0.15, 0.2) is 48.5 Å². The quantitative estimate of drug-likeness (QED) is 0.873. The number of halogens is 2. The molecule has 1 unspecified atom stereocenters. The van der Waals surface area contributed by atoms with Crippen LogP contribution in [0, 0.1) is 11.7 Å². The lowest BCUT2D eigenvalue weighted by molar-refractivity contribution is -0.117. The molecule has 2 aromatic rings. The molecule has 1 aliphatic heterocycles. The lowest BCUT2D eigenvalue weighted by Crippen LogP contribution is -2.34. The van der Waals surface area contributed by atoms with E-state index in [9.17, 15) is 14.0 Å². The molecular weight excluding hydrogens is 345 g/mol. The lowest BCUT2D eigenvalue weighted by atomic mass is 10.1. The number of nitrogens with one attached hydrogen (secondary N) is 2. The second kappa shape index (κ2) is 7.53. The van der Waals surface area contributed by atoms with Gasteiger partial charge in [0.1, 0.15) is 5.82 Å². The Morgan fingerprint density at radius 1 is 1.16 bits per heavy atom. The summed E-state index contributed by atoms with van der Waals surface area (Å²) in [6, 6.07) is 12.3. The highest BCUT2D eigenvalue weighted by molar-refractivity contribution is 6.30. The highest BCUT2D eigenvalue weighted by Gasteiger charge is 2.30. The summed E-state index contributed by atoms with van der Waals surface area (Å²) >= 11 is 5.80. The lowest BCUT2D eigenvalue weighted by Gasteiger charge is -2.17. The minimum Gasteiger partial charge on any atom is -0.338 e. The zero-order chi connectivity index (χ0) is 17.8. The highest BCUT2D eigenvalue weighted by atomic mass is 35.5. The van der Waals surface area contributed by atoms with E-state index in [1.165, 1.54) is 12.1 Å². The van der Waals surface area contributed by atoms with Gasteiger partial charge in [-0.25, -0.2) is 9.18 Å². The van der Waals surface area contributed by atoms with Crippen LogP contribution in [0.25, 0.3) is 0 Å². The van der Waals surface area contributed by atoms with E-state index in [0.717, 1.165) is 0 Å². The van der Waals surface area contributed by atoms with E-state index in [1.807, 2.05) is 0 Å². The molecule has 0 aromatic heterocycles. The van der Waals surface area contributed by atoms with Crippen molar-refractivity contribution in [3.05, 3.63) is 59.4 Å². The van der Waals surface area contributed by atoms with Crippen molar-refractivity contribution >= 4 is 34.9 Å². The van der Waals surface area contributed by atoms with Crippen molar-refractivity contribution in [3.8, 4) is 0 Å². The smallest absolute Gasteiger partial charge is 0.319 e. The SMILES string of the molecule is O=C(NCC1CC(=O)N(c2ccc(F)cc2)C1)Nc1ccc(Cl)cc1. The maximum Gasteiger partial charge on any atom is 0.319 e. The van der Waals surface area contributed by atoms with Gasteiger partial charge >= 0.3 is 6.03 Å². The first-order valence-corrected chi connectivity index (χ1v) is 8.25. The molecule has 0 spiro atoms. The second-order valence-corrected chi connectivity index (χ2v) is 6.33. The third kappa shape index (κ3) is 4.48. The first kappa shape index (κ1) is 17.2. The van der Waals surface area contributed by atoms with Gasteiger partial charge in [0.15, 0.2) is 0 Å². The average Bonchev–Trinajstić information content (AvgIpc) is 2.97. The topological polar surface area (TPSA) is 61.4 Å². The molecule has 130 valence electrons. The zero-order valence-corrected chi connectivity index (χ0v) is 14.1. The molecule has 1 saturated heterocycles. The number of hydrogen-bond donors (Lipinski definition) is 2. The van der Waals surface area contributed by atoms with Crippen molar-refractivity contribution in [2.24, 2.45) is 5.92 Å². The Hall–Kier alpha value is -2.60. The molecule has 0 aliphatic carbocycles. The molecule has 25 heavy (non-hydrogen) atoms. The molecule has 2 aromatic carbocycles. The summed E-state index contributed by atoms with van der Waals surface area (Å²) in [6.07, 6.45) is 0.346. The summed E-state index contributed by atoms with van der Waals surface area (Å²) in [4.78, 5) is 25.7. The van der Waals surface area contributed by atoms with Crippen molar-refractivity contribution in [2.45, 2.75) is 6.42 Å². The van der Waals surface area contributed by atoms with Gasteiger partial charge < -0.3 is 15.5 Å². The van der Waals surface area contributed by atoms with Gasteiger partial charge in [0, 0.05) is 41.8 Å². The van der Waals surface area contributed by atoms with Crippen LogP contribution in [0.1, 0.15) is 6.42 Å². The van der Waals surface area contributed by atoms with Crippen LogP contribution in [0.5, 0.6) is 0 Å². The van der Waals surface area contributed by atoms with Crippen molar-refractivity contribution in [3.63, 3.8) is 0 Å². The Kier molecular flexibility index (Phi) is 5.19. The fraction of sp³-hybridized carbons (Fsp3) is 0.222. The molecule has 0 saturated carbocycles. The van der Waals surface area contributed by atoms with Gasteiger partial charge in [-0.1, -0.05) is 11.6 Å². The number of rotatable bonds is 4.